The summed E-state index contributed by atoms with van der Waals surface area (Å²) in [6.07, 6.45) is 7.22. The number of nitrogens with zero attached hydrogens (tertiary/aromatic N) is 4. The maximum absolute atomic E-state index is 6.15. The minimum Gasteiger partial charge on any atom is -0.324 e. The van der Waals surface area contributed by atoms with E-state index in [0.717, 1.165) is 12.0 Å². The Kier molecular flexibility index (Phi) is 4.26. The van der Waals surface area contributed by atoms with Crippen molar-refractivity contribution in [2.45, 2.75) is 19.4 Å². The lowest BCUT2D eigenvalue weighted by Gasteiger charge is -2.23. The van der Waals surface area contributed by atoms with Crippen molar-refractivity contribution in [2.75, 3.05) is 0 Å². The molecule has 1 aliphatic heterocycles. The summed E-state index contributed by atoms with van der Waals surface area (Å²) in [5.74, 6) is 6.45. The second-order valence-electron chi connectivity index (χ2n) is 4.00. The standard InChI is InChI=1S/C12H15ClN6/c1-2-8(14)11(9-6-10(13)18-7-17-9)12-16-4-3-5-19(12)15/h3-8H,2,14-15H2,1H3/b12-11+. The maximum Gasteiger partial charge on any atom is 0.153 e. The number of hydrogen-bond acceptors (Lipinski definition) is 6. The molecule has 6 nitrogen and oxygen atoms in total. The van der Waals surface area contributed by atoms with Crippen molar-refractivity contribution in [3.63, 3.8) is 0 Å². The van der Waals surface area contributed by atoms with Crippen LogP contribution in [0, 0.1) is 0 Å². The van der Waals surface area contributed by atoms with Gasteiger partial charge in [-0.1, -0.05) is 18.5 Å². The minimum atomic E-state index is -0.240. The Morgan fingerprint density at radius 3 is 2.89 bits per heavy atom. The van der Waals surface area contributed by atoms with Gasteiger partial charge in [-0.15, -0.1) is 0 Å². The number of hydrogen-bond donors (Lipinski definition) is 2. The maximum atomic E-state index is 6.15. The molecule has 1 atom stereocenters. The fraction of sp³-hybridized carbons (Fsp3) is 0.250. The lowest BCUT2D eigenvalue weighted by molar-refractivity contribution is 0.482. The Balaban J connectivity index is 2.56. The number of nitrogens with two attached hydrogens (primary N) is 2. The fourth-order valence-corrected chi connectivity index (χ4v) is 1.89. The molecule has 0 spiro atoms. The largest absolute Gasteiger partial charge is 0.324 e. The van der Waals surface area contributed by atoms with Crippen LogP contribution >= 0.6 is 11.6 Å². The van der Waals surface area contributed by atoms with Gasteiger partial charge in [0.2, 0.25) is 0 Å². The van der Waals surface area contributed by atoms with Crippen molar-refractivity contribution >= 4 is 23.4 Å². The van der Waals surface area contributed by atoms with E-state index in [1.165, 1.54) is 11.3 Å². The van der Waals surface area contributed by atoms with Crippen molar-refractivity contribution in [3.8, 4) is 0 Å². The molecule has 2 rings (SSSR count). The molecule has 0 amide bonds. The first-order valence-corrected chi connectivity index (χ1v) is 6.23. The molecular weight excluding hydrogens is 264 g/mol. The van der Waals surface area contributed by atoms with Crippen molar-refractivity contribution < 1.29 is 0 Å². The van der Waals surface area contributed by atoms with Gasteiger partial charge in [0.1, 0.15) is 11.5 Å². The highest BCUT2D eigenvalue weighted by Gasteiger charge is 2.20. The number of allylic oxidation sites excluding steroid dienone is 1. The van der Waals surface area contributed by atoms with Crippen LogP contribution in [0.4, 0.5) is 0 Å². The van der Waals surface area contributed by atoms with E-state index in [2.05, 4.69) is 15.0 Å². The highest BCUT2D eigenvalue weighted by molar-refractivity contribution is 6.29. The zero-order valence-electron chi connectivity index (χ0n) is 10.5. The summed E-state index contributed by atoms with van der Waals surface area (Å²) >= 11 is 5.90. The molecule has 100 valence electrons. The van der Waals surface area contributed by atoms with Crippen LogP contribution in [0.2, 0.25) is 5.15 Å². The SMILES string of the molecule is CCC(N)/C(=C1/N=CC=CN1N)c1cc(Cl)ncn1. The number of hydrazine groups is 1. The smallest absolute Gasteiger partial charge is 0.153 e. The van der Waals surface area contributed by atoms with Gasteiger partial charge >= 0.3 is 0 Å². The van der Waals surface area contributed by atoms with E-state index in [4.69, 9.17) is 23.2 Å². The van der Waals surface area contributed by atoms with Gasteiger partial charge in [0.15, 0.2) is 5.82 Å². The molecule has 0 saturated carbocycles. The topological polar surface area (TPSA) is 93.4 Å². The summed E-state index contributed by atoms with van der Waals surface area (Å²) in [5.41, 5.74) is 7.53. The Morgan fingerprint density at radius 2 is 2.26 bits per heavy atom. The number of aromatic nitrogens is 2. The highest BCUT2D eigenvalue weighted by Crippen LogP contribution is 2.25. The average molecular weight is 279 g/mol. The molecule has 0 fully saturated rings. The minimum absolute atomic E-state index is 0.240. The monoisotopic (exact) mass is 278 g/mol. The van der Waals surface area contributed by atoms with E-state index in [1.807, 2.05) is 6.92 Å². The summed E-state index contributed by atoms with van der Waals surface area (Å²) in [7, 11) is 0. The first-order valence-electron chi connectivity index (χ1n) is 5.86. The van der Waals surface area contributed by atoms with Crippen LogP contribution in [0.3, 0.4) is 0 Å². The van der Waals surface area contributed by atoms with Gasteiger partial charge in [-0.2, -0.15) is 0 Å². The van der Waals surface area contributed by atoms with Crippen LogP contribution in [-0.4, -0.2) is 27.2 Å². The second kappa shape index (κ2) is 5.92. The molecule has 19 heavy (non-hydrogen) atoms. The molecule has 0 aliphatic carbocycles. The molecule has 1 aromatic rings. The second-order valence-corrected chi connectivity index (χ2v) is 4.39. The Morgan fingerprint density at radius 1 is 1.47 bits per heavy atom. The molecule has 0 bridgehead atoms. The van der Waals surface area contributed by atoms with Crippen LogP contribution in [0.5, 0.6) is 0 Å². The lowest BCUT2D eigenvalue weighted by Crippen LogP contribution is -2.31. The Bertz CT molecular complexity index is 551. The van der Waals surface area contributed by atoms with Crippen molar-refractivity contribution in [1.82, 2.24) is 15.0 Å². The predicted octanol–water partition coefficient (Wildman–Crippen LogP) is 1.31. The number of rotatable bonds is 3. The normalized spacial score (nSPS) is 18.6. The number of aliphatic imine (C=N–C) groups is 1. The molecule has 7 heteroatoms. The number of halogens is 1. The summed E-state index contributed by atoms with van der Waals surface area (Å²) in [4.78, 5) is 12.3. The molecule has 0 aromatic carbocycles. The van der Waals surface area contributed by atoms with Crippen LogP contribution in [0.25, 0.3) is 5.57 Å². The van der Waals surface area contributed by atoms with Gasteiger partial charge < -0.3 is 5.73 Å². The van der Waals surface area contributed by atoms with E-state index in [1.54, 1.807) is 24.6 Å². The third-order valence-electron chi connectivity index (χ3n) is 2.74. The third-order valence-corrected chi connectivity index (χ3v) is 2.94. The van der Waals surface area contributed by atoms with Gasteiger partial charge in [-0.05, 0) is 12.5 Å². The lowest BCUT2D eigenvalue weighted by atomic mass is 10.0. The van der Waals surface area contributed by atoms with Crippen molar-refractivity contribution in [2.24, 2.45) is 16.6 Å². The van der Waals surface area contributed by atoms with Crippen LogP contribution in [-0.2, 0) is 0 Å². The van der Waals surface area contributed by atoms with Crippen LogP contribution < -0.4 is 11.6 Å². The van der Waals surface area contributed by atoms with Gasteiger partial charge in [-0.3, -0.25) is 5.01 Å². The van der Waals surface area contributed by atoms with E-state index in [9.17, 15) is 0 Å². The molecule has 4 N–H and O–H groups in total. The zero-order valence-corrected chi connectivity index (χ0v) is 11.2. The molecule has 0 radical (unpaired) electrons. The predicted molar refractivity (Wildman–Crippen MR) is 75.9 cm³/mol. The quantitative estimate of drug-likeness (QED) is 0.642. The van der Waals surface area contributed by atoms with E-state index >= 15 is 0 Å². The third kappa shape index (κ3) is 2.98. The van der Waals surface area contributed by atoms with Crippen LogP contribution in [0.15, 0.2) is 35.5 Å². The Hall–Kier alpha value is -1.76. The summed E-state index contributed by atoms with van der Waals surface area (Å²) in [6, 6.07) is 1.41. The van der Waals surface area contributed by atoms with E-state index < -0.39 is 0 Å². The molecule has 1 unspecified atom stereocenters. The molecule has 1 aromatic heterocycles. The zero-order chi connectivity index (χ0) is 13.8. The summed E-state index contributed by atoms with van der Waals surface area (Å²) in [6.45, 7) is 1.98. The highest BCUT2D eigenvalue weighted by atomic mass is 35.5. The first-order chi connectivity index (χ1) is 9.13. The molecule has 2 heterocycles. The summed E-state index contributed by atoms with van der Waals surface area (Å²) < 4.78 is 0. The molecule has 0 saturated heterocycles. The summed E-state index contributed by atoms with van der Waals surface area (Å²) in [5, 5.41) is 1.77. The van der Waals surface area contributed by atoms with Gasteiger partial charge in [-0.25, -0.2) is 20.8 Å². The Labute approximate surface area is 116 Å². The molecular formula is C12H15ClN6. The fourth-order valence-electron chi connectivity index (χ4n) is 1.75. The average Bonchev–Trinajstić information content (AvgIpc) is 2.41. The first kappa shape index (κ1) is 13.7. The van der Waals surface area contributed by atoms with E-state index in [-0.39, 0.29) is 6.04 Å². The van der Waals surface area contributed by atoms with Crippen molar-refractivity contribution in [3.05, 3.63) is 41.3 Å². The van der Waals surface area contributed by atoms with Crippen LogP contribution in [0.1, 0.15) is 19.0 Å². The van der Waals surface area contributed by atoms with Gasteiger partial charge in [0.05, 0.1) is 5.69 Å². The van der Waals surface area contributed by atoms with Gasteiger partial charge in [0.25, 0.3) is 0 Å². The molecule has 1 aliphatic rings. The van der Waals surface area contributed by atoms with Gasteiger partial charge in [0, 0.05) is 30.1 Å². The van der Waals surface area contributed by atoms with Crippen molar-refractivity contribution in [1.29, 1.82) is 0 Å². The van der Waals surface area contributed by atoms with E-state index in [0.29, 0.717) is 16.7 Å².